The Morgan fingerprint density at radius 3 is 2.33 bits per heavy atom. The van der Waals surface area contributed by atoms with Crippen molar-refractivity contribution in [2.75, 3.05) is 29.4 Å². The molecule has 220 valence electrons. The third-order valence-corrected chi connectivity index (χ3v) is 8.37. The van der Waals surface area contributed by atoms with Crippen LogP contribution in [-0.4, -0.2) is 51.0 Å². The Kier molecular flexibility index (Phi) is 9.96. The van der Waals surface area contributed by atoms with Gasteiger partial charge in [-0.3, -0.25) is 4.79 Å². The second-order valence-corrected chi connectivity index (χ2v) is 11.6. The molecular formula is C30H30N2O8S2. The van der Waals surface area contributed by atoms with E-state index >= 15 is 0 Å². The average Bonchev–Trinajstić information content (AvgIpc) is 3.00. The second-order valence-electron chi connectivity index (χ2n) is 9.13. The molecule has 4 aromatic rings. The first kappa shape index (κ1) is 30.7. The van der Waals surface area contributed by atoms with E-state index in [0.29, 0.717) is 15.1 Å². The van der Waals surface area contributed by atoms with Crippen LogP contribution < -0.4 is 23.2 Å². The van der Waals surface area contributed by atoms with E-state index < -0.39 is 28.6 Å². The number of hydrogen-bond acceptors (Lipinski definition) is 9. The van der Waals surface area contributed by atoms with E-state index in [1.165, 1.54) is 31.4 Å². The minimum Gasteiger partial charge on any atom is -0.497 e. The number of aliphatic hydroxyl groups excluding tert-OH is 2. The maximum absolute atomic E-state index is 13.7. The minimum absolute atomic E-state index is 0.0125. The van der Waals surface area contributed by atoms with Crippen molar-refractivity contribution in [3.8, 4) is 23.0 Å². The number of ether oxygens (including phenoxy) is 3. The molecule has 12 heteroatoms. The number of aliphatic hydroxyl groups is 2. The fourth-order valence-electron chi connectivity index (χ4n) is 3.76. The Morgan fingerprint density at radius 2 is 1.67 bits per heavy atom. The van der Waals surface area contributed by atoms with Crippen molar-refractivity contribution in [3.63, 3.8) is 0 Å². The quantitative estimate of drug-likeness (QED) is 0.168. The van der Waals surface area contributed by atoms with E-state index in [2.05, 4.69) is 18.1 Å². The topological polar surface area (TPSA) is 135 Å². The van der Waals surface area contributed by atoms with Crippen LogP contribution >= 0.6 is 12.8 Å². The highest BCUT2D eigenvalue weighted by atomic mass is 32.3. The lowest BCUT2D eigenvalue weighted by Gasteiger charge is -2.24. The summed E-state index contributed by atoms with van der Waals surface area (Å²) in [5.41, 5.74) is 1.24. The highest BCUT2D eigenvalue weighted by Crippen LogP contribution is 2.45. The van der Waals surface area contributed by atoms with Gasteiger partial charge >= 0.3 is 0 Å². The number of amides is 1. The molecule has 0 fully saturated rings. The maximum Gasteiger partial charge on any atom is 0.273 e. The van der Waals surface area contributed by atoms with Crippen LogP contribution in [0, 0.1) is 6.92 Å². The standard InChI is InChI=1S/C30H30N2O8S2/c1-20-11-13-26(14-12-20)42(36,37)32(41)27-15-21(30(35)31-22-7-4-3-5-8-22)16-28(39-19-23(34)18-33)29(27)40-25-10-6-9-24(17-25)38-2/h3-17,23,33-34,41H,18-19H2,1-2H3,(H,31,35). The number of benzene rings is 4. The van der Waals surface area contributed by atoms with Crippen LogP contribution in [0.1, 0.15) is 15.9 Å². The zero-order chi connectivity index (χ0) is 30.3. The lowest BCUT2D eigenvalue weighted by molar-refractivity contribution is 0.0529. The van der Waals surface area contributed by atoms with Gasteiger partial charge in [0.2, 0.25) is 0 Å². The Labute approximate surface area is 249 Å². The molecule has 4 aromatic carbocycles. The Hall–Kier alpha value is -4.23. The van der Waals surface area contributed by atoms with Gasteiger partial charge in [-0.2, -0.15) is 0 Å². The predicted molar refractivity (Wildman–Crippen MR) is 162 cm³/mol. The molecule has 0 bridgehead atoms. The monoisotopic (exact) mass is 610 g/mol. The van der Waals surface area contributed by atoms with Gasteiger partial charge in [-0.05, 0) is 68.3 Å². The second kappa shape index (κ2) is 13.6. The van der Waals surface area contributed by atoms with Gasteiger partial charge in [-0.25, -0.2) is 12.1 Å². The molecular weight excluding hydrogens is 580 g/mol. The molecule has 0 saturated carbocycles. The minimum atomic E-state index is -4.27. The summed E-state index contributed by atoms with van der Waals surface area (Å²) < 4.78 is 45.3. The molecule has 0 aromatic heterocycles. The number of nitrogens with zero attached hydrogens (tertiary/aromatic N) is 1. The molecule has 1 amide bonds. The summed E-state index contributed by atoms with van der Waals surface area (Å²) in [5.74, 6) is -0.0351. The largest absolute Gasteiger partial charge is 0.497 e. The number of carbonyl (C=O) groups is 1. The molecule has 0 heterocycles. The van der Waals surface area contributed by atoms with E-state index in [1.54, 1.807) is 66.7 Å². The summed E-state index contributed by atoms with van der Waals surface area (Å²) in [6.07, 6.45) is -1.26. The number of aryl methyl sites for hydroxylation is 1. The zero-order valence-corrected chi connectivity index (χ0v) is 24.5. The van der Waals surface area contributed by atoms with Crippen molar-refractivity contribution in [2.24, 2.45) is 0 Å². The van der Waals surface area contributed by atoms with Crippen LogP contribution in [0.15, 0.2) is 95.9 Å². The molecule has 1 unspecified atom stereocenters. The van der Waals surface area contributed by atoms with Crippen molar-refractivity contribution < 1.29 is 37.6 Å². The van der Waals surface area contributed by atoms with E-state index in [-0.39, 0.29) is 40.0 Å². The molecule has 0 aliphatic carbocycles. The molecule has 10 nitrogen and oxygen atoms in total. The number of nitrogens with one attached hydrogen (secondary N) is 1. The Bertz CT molecular complexity index is 1630. The predicted octanol–water partition coefficient (Wildman–Crippen LogP) is 4.82. The SMILES string of the molecule is COc1cccc(Oc2c(OCC(O)CO)cc(C(=O)Nc3ccccc3)cc2N(S)S(=O)(=O)c2ccc(C)cc2)c1. The number of para-hydroxylation sites is 1. The number of thiol groups is 1. The Morgan fingerprint density at radius 1 is 0.976 bits per heavy atom. The molecule has 3 N–H and O–H groups in total. The highest BCUT2D eigenvalue weighted by Gasteiger charge is 2.29. The van der Waals surface area contributed by atoms with Gasteiger partial charge < -0.3 is 29.7 Å². The van der Waals surface area contributed by atoms with Gasteiger partial charge in [0.25, 0.3) is 15.9 Å². The van der Waals surface area contributed by atoms with E-state index in [0.717, 1.165) is 5.56 Å². The number of carbonyl (C=O) groups excluding carboxylic acids is 1. The van der Waals surface area contributed by atoms with Crippen LogP contribution in [0.4, 0.5) is 11.4 Å². The van der Waals surface area contributed by atoms with Gasteiger partial charge in [0.15, 0.2) is 11.5 Å². The van der Waals surface area contributed by atoms with Gasteiger partial charge in [0.1, 0.15) is 29.9 Å². The normalized spacial score (nSPS) is 11.8. The Balaban J connectivity index is 1.88. The smallest absolute Gasteiger partial charge is 0.273 e. The number of hydrogen-bond donors (Lipinski definition) is 4. The zero-order valence-electron chi connectivity index (χ0n) is 22.8. The van der Waals surface area contributed by atoms with Crippen LogP contribution in [-0.2, 0) is 10.0 Å². The van der Waals surface area contributed by atoms with E-state index in [9.17, 15) is 23.4 Å². The number of anilines is 2. The summed E-state index contributed by atoms with van der Waals surface area (Å²) >= 11 is 4.37. The van der Waals surface area contributed by atoms with Crippen LogP contribution in [0.25, 0.3) is 0 Å². The molecule has 0 spiro atoms. The summed E-state index contributed by atoms with van der Waals surface area (Å²) in [7, 11) is -2.79. The summed E-state index contributed by atoms with van der Waals surface area (Å²) in [5, 5.41) is 22.1. The lowest BCUT2D eigenvalue weighted by Crippen LogP contribution is -2.24. The van der Waals surface area contributed by atoms with Crippen molar-refractivity contribution in [3.05, 3.63) is 102 Å². The summed E-state index contributed by atoms with van der Waals surface area (Å²) in [4.78, 5) is 13.3. The fourth-order valence-corrected chi connectivity index (χ4v) is 5.26. The lowest BCUT2D eigenvalue weighted by atomic mass is 10.1. The van der Waals surface area contributed by atoms with E-state index in [4.69, 9.17) is 14.2 Å². The van der Waals surface area contributed by atoms with Crippen molar-refractivity contribution in [1.29, 1.82) is 0 Å². The summed E-state index contributed by atoms with van der Waals surface area (Å²) in [6, 6.07) is 24.1. The molecule has 0 radical (unpaired) electrons. The van der Waals surface area contributed by atoms with Crippen LogP contribution in [0.2, 0.25) is 0 Å². The van der Waals surface area contributed by atoms with Crippen LogP contribution in [0.3, 0.4) is 0 Å². The highest BCUT2D eigenvalue weighted by molar-refractivity contribution is 8.06. The molecule has 0 aliphatic heterocycles. The van der Waals surface area contributed by atoms with Crippen molar-refractivity contribution >= 4 is 40.1 Å². The first-order chi connectivity index (χ1) is 20.1. The third-order valence-electron chi connectivity index (χ3n) is 5.98. The molecule has 42 heavy (non-hydrogen) atoms. The molecule has 0 saturated heterocycles. The fraction of sp³-hybridized carbons (Fsp3) is 0.167. The van der Waals surface area contributed by atoms with E-state index in [1.807, 2.05) is 6.92 Å². The van der Waals surface area contributed by atoms with Gasteiger partial charge in [0, 0.05) is 17.3 Å². The molecule has 0 aliphatic rings. The number of methoxy groups -OCH3 is 1. The van der Waals surface area contributed by atoms with Crippen molar-refractivity contribution in [1.82, 2.24) is 0 Å². The van der Waals surface area contributed by atoms with Gasteiger partial charge in [-0.15, -0.1) is 0 Å². The third kappa shape index (κ3) is 7.34. The molecule has 1 atom stereocenters. The number of sulfonamides is 1. The number of rotatable bonds is 12. The summed E-state index contributed by atoms with van der Waals surface area (Å²) in [6.45, 7) is 0.854. The van der Waals surface area contributed by atoms with Crippen LogP contribution in [0.5, 0.6) is 23.0 Å². The van der Waals surface area contributed by atoms with Gasteiger partial charge in [-0.1, -0.05) is 42.0 Å². The van der Waals surface area contributed by atoms with Crippen molar-refractivity contribution in [2.45, 2.75) is 17.9 Å². The maximum atomic E-state index is 13.7. The average molecular weight is 611 g/mol. The first-order valence-corrected chi connectivity index (χ1v) is 14.6. The first-order valence-electron chi connectivity index (χ1n) is 12.7. The molecule has 4 rings (SSSR count). The van der Waals surface area contributed by atoms with Gasteiger partial charge in [0.05, 0.1) is 18.6 Å².